The molecule has 3 nitrogen and oxygen atoms in total. The van der Waals surface area contributed by atoms with Crippen molar-refractivity contribution in [1.82, 2.24) is 5.32 Å². The molecule has 0 spiro atoms. The first-order chi connectivity index (χ1) is 8.40. The summed E-state index contributed by atoms with van der Waals surface area (Å²) in [6.07, 6.45) is 0. The van der Waals surface area contributed by atoms with E-state index in [0.29, 0.717) is 18.2 Å². The van der Waals surface area contributed by atoms with Crippen LogP contribution in [-0.4, -0.2) is 19.1 Å². The molecule has 18 heavy (non-hydrogen) atoms. The van der Waals surface area contributed by atoms with E-state index in [2.05, 4.69) is 5.32 Å². The highest BCUT2D eigenvalue weighted by Crippen LogP contribution is 2.25. The number of amides is 1. The van der Waals surface area contributed by atoms with Crippen molar-refractivity contribution in [3.05, 3.63) is 28.3 Å². The Morgan fingerprint density at radius 1 is 1.33 bits per heavy atom. The Morgan fingerprint density at radius 3 is 2.39 bits per heavy atom. The molecule has 0 aliphatic rings. The summed E-state index contributed by atoms with van der Waals surface area (Å²) in [7, 11) is 0. The number of halogens is 1. The van der Waals surface area contributed by atoms with Gasteiger partial charge in [0.15, 0.2) is 6.61 Å². The minimum atomic E-state index is -0.103. The smallest absolute Gasteiger partial charge is 0.257 e. The second kappa shape index (κ2) is 6.64. The monoisotopic (exact) mass is 269 g/mol. The summed E-state index contributed by atoms with van der Waals surface area (Å²) in [5, 5.41) is 3.55. The average Bonchev–Trinajstić information content (AvgIpc) is 2.30. The number of hydrogen-bond acceptors (Lipinski definition) is 2. The van der Waals surface area contributed by atoms with Gasteiger partial charge in [-0.1, -0.05) is 25.4 Å². The van der Waals surface area contributed by atoms with Gasteiger partial charge in [0, 0.05) is 11.6 Å². The van der Waals surface area contributed by atoms with Gasteiger partial charge in [0.2, 0.25) is 0 Å². The van der Waals surface area contributed by atoms with Gasteiger partial charge in [-0.2, -0.15) is 0 Å². The van der Waals surface area contributed by atoms with Gasteiger partial charge in [0.05, 0.1) is 0 Å². The number of aryl methyl sites for hydroxylation is 2. The molecule has 1 aromatic carbocycles. The van der Waals surface area contributed by atoms with Crippen molar-refractivity contribution in [3.8, 4) is 5.75 Å². The van der Waals surface area contributed by atoms with Crippen LogP contribution in [0.5, 0.6) is 5.75 Å². The molecule has 0 unspecified atom stereocenters. The van der Waals surface area contributed by atoms with Crippen molar-refractivity contribution in [1.29, 1.82) is 0 Å². The van der Waals surface area contributed by atoms with Crippen LogP contribution in [0.4, 0.5) is 0 Å². The normalized spacial score (nSPS) is 10.6. The van der Waals surface area contributed by atoms with E-state index in [4.69, 9.17) is 16.3 Å². The van der Waals surface area contributed by atoms with Crippen LogP contribution in [0.2, 0.25) is 5.02 Å². The maximum atomic E-state index is 11.5. The lowest BCUT2D eigenvalue weighted by molar-refractivity contribution is -0.123. The van der Waals surface area contributed by atoms with Gasteiger partial charge in [-0.3, -0.25) is 4.79 Å². The maximum Gasteiger partial charge on any atom is 0.257 e. The molecular formula is C14H20ClNO2. The van der Waals surface area contributed by atoms with Crippen molar-refractivity contribution < 1.29 is 9.53 Å². The van der Waals surface area contributed by atoms with Crippen molar-refractivity contribution in [3.63, 3.8) is 0 Å². The zero-order valence-electron chi connectivity index (χ0n) is 11.3. The number of ether oxygens (including phenoxy) is 1. The van der Waals surface area contributed by atoms with Crippen LogP contribution in [0.1, 0.15) is 25.0 Å². The van der Waals surface area contributed by atoms with Gasteiger partial charge in [-0.25, -0.2) is 0 Å². The SMILES string of the molecule is Cc1cc(OCC(=O)NCC(C)C)cc(C)c1Cl. The molecule has 0 bridgehead atoms. The van der Waals surface area contributed by atoms with Gasteiger partial charge in [0.25, 0.3) is 5.91 Å². The summed E-state index contributed by atoms with van der Waals surface area (Å²) in [6.45, 7) is 8.64. The Kier molecular flexibility index (Phi) is 5.48. The molecule has 1 amide bonds. The zero-order valence-corrected chi connectivity index (χ0v) is 12.1. The summed E-state index contributed by atoms with van der Waals surface area (Å²) in [5.41, 5.74) is 1.91. The maximum absolute atomic E-state index is 11.5. The van der Waals surface area contributed by atoms with Gasteiger partial charge < -0.3 is 10.1 Å². The summed E-state index contributed by atoms with van der Waals surface area (Å²) in [6, 6.07) is 3.68. The molecule has 0 saturated heterocycles. The van der Waals surface area contributed by atoms with Crippen LogP contribution in [0, 0.1) is 19.8 Å². The van der Waals surface area contributed by atoms with E-state index in [0.717, 1.165) is 16.1 Å². The standard InChI is InChI=1S/C14H20ClNO2/c1-9(2)7-16-13(17)8-18-12-5-10(3)14(15)11(4)6-12/h5-6,9H,7-8H2,1-4H3,(H,16,17). The van der Waals surface area contributed by atoms with Crippen molar-refractivity contribution in [2.24, 2.45) is 5.92 Å². The van der Waals surface area contributed by atoms with E-state index in [1.165, 1.54) is 0 Å². The molecule has 0 saturated carbocycles. The van der Waals surface area contributed by atoms with Crippen LogP contribution < -0.4 is 10.1 Å². The molecule has 4 heteroatoms. The van der Waals surface area contributed by atoms with Crippen LogP contribution in [-0.2, 0) is 4.79 Å². The van der Waals surface area contributed by atoms with Crippen LogP contribution in [0.25, 0.3) is 0 Å². The van der Waals surface area contributed by atoms with E-state index in [1.807, 2.05) is 39.8 Å². The van der Waals surface area contributed by atoms with Crippen molar-refractivity contribution in [2.75, 3.05) is 13.2 Å². The van der Waals surface area contributed by atoms with E-state index in [1.54, 1.807) is 0 Å². The topological polar surface area (TPSA) is 38.3 Å². The number of carbonyl (C=O) groups excluding carboxylic acids is 1. The van der Waals surface area contributed by atoms with Gasteiger partial charge >= 0.3 is 0 Å². The second-order valence-electron chi connectivity index (χ2n) is 4.86. The fraction of sp³-hybridized carbons (Fsp3) is 0.500. The first kappa shape index (κ1) is 14.8. The lowest BCUT2D eigenvalue weighted by atomic mass is 10.1. The first-order valence-corrected chi connectivity index (χ1v) is 6.44. The third kappa shape index (κ3) is 4.57. The molecule has 1 N–H and O–H groups in total. The van der Waals surface area contributed by atoms with E-state index in [-0.39, 0.29) is 12.5 Å². The molecule has 1 aromatic rings. The molecular weight excluding hydrogens is 250 g/mol. The lowest BCUT2D eigenvalue weighted by Crippen LogP contribution is -2.31. The Hall–Kier alpha value is -1.22. The predicted molar refractivity (Wildman–Crippen MR) is 74.3 cm³/mol. The Labute approximate surface area is 113 Å². The van der Waals surface area contributed by atoms with E-state index >= 15 is 0 Å². The fourth-order valence-electron chi connectivity index (χ4n) is 1.51. The van der Waals surface area contributed by atoms with Gasteiger partial charge in [-0.05, 0) is 43.0 Å². The number of benzene rings is 1. The first-order valence-electron chi connectivity index (χ1n) is 6.06. The molecule has 1 rings (SSSR count). The number of nitrogens with one attached hydrogen (secondary N) is 1. The minimum Gasteiger partial charge on any atom is -0.484 e. The highest BCUT2D eigenvalue weighted by atomic mass is 35.5. The molecule has 0 radical (unpaired) electrons. The largest absolute Gasteiger partial charge is 0.484 e. The van der Waals surface area contributed by atoms with Crippen LogP contribution in [0.3, 0.4) is 0 Å². The third-order valence-electron chi connectivity index (χ3n) is 2.49. The Balaban J connectivity index is 2.51. The second-order valence-corrected chi connectivity index (χ2v) is 5.24. The minimum absolute atomic E-state index is 0.0350. The summed E-state index contributed by atoms with van der Waals surface area (Å²) >= 11 is 6.06. The Bertz CT molecular complexity index is 407. The molecule has 0 aliphatic carbocycles. The Morgan fingerprint density at radius 2 is 1.89 bits per heavy atom. The van der Waals surface area contributed by atoms with Crippen molar-refractivity contribution >= 4 is 17.5 Å². The number of rotatable bonds is 5. The van der Waals surface area contributed by atoms with Crippen LogP contribution >= 0.6 is 11.6 Å². The quantitative estimate of drug-likeness (QED) is 0.892. The highest BCUT2D eigenvalue weighted by molar-refractivity contribution is 6.32. The third-order valence-corrected chi connectivity index (χ3v) is 3.08. The summed E-state index contributed by atoms with van der Waals surface area (Å²) in [5.74, 6) is 1.01. The molecule has 0 aromatic heterocycles. The van der Waals surface area contributed by atoms with Crippen molar-refractivity contribution in [2.45, 2.75) is 27.7 Å². The number of hydrogen-bond donors (Lipinski definition) is 1. The molecule has 100 valence electrons. The highest BCUT2D eigenvalue weighted by Gasteiger charge is 2.06. The summed E-state index contributed by atoms with van der Waals surface area (Å²) < 4.78 is 5.45. The molecule has 0 atom stereocenters. The fourth-order valence-corrected chi connectivity index (χ4v) is 1.62. The summed E-state index contributed by atoms with van der Waals surface area (Å²) in [4.78, 5) is 11.5. The number of carbonyl (C=O) groups is 1. The van der Waals surface area contributed by atoms with E-state index in [9.17, 15) is 4.79 Å². The predicted octanol–water partition coefficient (Wildman–Crippen LogP) is 3.11. The van der Waals surface area contributed by atoms with Gasteiger partial charge in [-0.15, -0.1) is 0 Å². The zero-order chi connectivity index (χ0) is 13.7. The van der Waals surface area contributed by atoms with E-state index < -0.39 is 0 Å². The average molecular weight is 270 g/mol. The molecule has 0 heterocycles. The van der Waals surface area contributed by atoms with Gasteiger partial charge in [0.1, 0.15) is 5.75 Å². The lowest BCUT2D eigenvalue weighted by Gasteiger charge is -2.11. The molecule has 0 aliphatic heterocycles. The van der Waals surface area contributed by atoms with Crippen LogP contribution in [0.15, 0.2) is 12.1 Å². The molecule has 0 fully saturated rings.